The van der Waals surface area contributed by atoms with Crippen molar-refractivity contribution in [1.82, 2.24) is 4.72 Å². The molecule has 0 spiro atoms. The van der Waals surface area contributed by atoms with E-state index in [9.17, 15) is 8.42 Å². The van der Waals surface area contributed by atoms with Crippen molar-refractivity contribution in [3.05, 3.63) is 24.3 Å². The monoisotopic (exact) mass is 308 g/mol. The lowest BCUT2D eigenvalue weighted by molar-refractivity contribution is 0.373. The molecule has 0 saturated heterocycles. The average molecular weight is 308 g/mol. The molecule has 2 fully saturated rings. The van der Waals surface area contributed by atoms with Crippen molar-refractivity contribution in [3.63, 3.8) is 0 Å². The third-order valence-electron chi connectivity index (χ3n) is 4.38. The van der Waals surface area contributed by atoms with Crippen LogP contribution < -0.4 is 10.0 Å². The average Bonchev–Trinajstić information content (AvgIpc) is 3.30. The molecule has 2 N–H and O–H groups in total. The summed E-state index contributed by atoms with van der Waals surface area (Å²) in [5.41, 5.74) is 0.733. The zero-order chi connectivity index (χ0) is 14.7. The third-order valence-corrected chi connectivity index (χ3v) is 5.96. The fourth-order valence-electron chi connectivity index (χ4n) is 2.98. The summed E-state index contributed by atoms with van der Waals surface area (Å²) in [5.74, 6) is 0.672. The summed E-state index contributed by atoms with van der Waals surface area (Å²) in [5, 5.41) is 3.36. The molecule has 5 heteroatoms. The summed E-state index contributed by atoms with van der Waals surface area (Å²) in [6.07, 6.45) is 8.36. The number of sulfonamides is 1. The zero-order valence-electron chi connectivity index (χ0n) is 12.3. The second kappa shape index (κ2) is 6.36. The van der Waals surface area contributed by atoms with Crippen LogP contribution in [-0.4, -0.2) is 21.0 Å². The highest BCUT2D eigenvalue weighted by Crippen LogP contribution is 2.28. The van der Waals surface area contributed by atoms with Crippen molar-refractivity contribution in [3.8, 4) is 0 Å². The van der Waals surface area contributed by atoms with Gasteiger partial charge in [-0.15, -0.1) is 0 Å². The predicted octanol–water partition coefficient (Wildman–Crippen LogP) is 3.12. The van der Waals surface area contributed by atoms with Crippen LogP contribution >= 0.6 is 0 Å². The highest BCUT2D eigenvalue weighted by Gasteiger charge is 2.29. The molecule has 0 unspecified atom stereocenters. The van der Waals surface area contributed by atoms with Gasteiger partial charge in [-0.2, -0.15) is 0 Å². The number of hydrogen-bond donors (Lipinski definition) is 2. The molecule has 116 valence electrons. The maximum absolute atomic E-state index is 12.4. The lowest BCUT2D eigenvalue weighted by atomic mass is 9.89. The van der Waals surface area contributed by atoms with E-state index in [0.29, 0.717) is 10.8 Å². The maximum atomic E-state index is 12.4. The maximum Gasteiger partial charge on any atom is 0.242 e. The van der Waals surface area contributed by atoms with Crippen LogP contribution in [0.2, 0.25) is 0 Å². The minimum absolute atomic E-state index is 0.140. The van der Waals surface area contributed by atoms with E-state index in [0.717, 1.165) is 25.1 Å². The van der Waals surface area contributed by atoms with Crippen LogP contribution in [0, 0.1) is 5.92 Å². The molecule has 0 bridgehead atoms. The molecule has 2 aliphatic carbocycles. The molecule has 2 aliphatic rings. The minimum atomic E-state index is -3.39. The Morgan fingerprint density at radius 1 is 1.00 bits per heavy atom. The quantitative estimate of drug-likeness (QED) is 0.849. The van der Waals surface area contributed by atoms with E-state index in [1.165, 1.54) is 32.1 Å². The SMILES string of the molecule is O=S(=O)(NC1CC1)c1ccccc1NCC1CCCCC1. The van der Waals surface area contributed by atoms with Crippen molar-refractivity contribution < 1.29 is 8.42 Å². The van der Waals surface area contributed by atoms with E-state index in [1.807, 2.05) is 12.1 Å². The first-order valence-corrected chi connectivity index (χ1v) is 9.49. The summed E-state index contributed by atoms with van der Waals surface area (Å²) in [7, 11) is -3.39. The number of para-hydroxylation sites is 1. The van der Waals surface area contributed by atoms with Gasteiger partial charge in [0.25, 0.3) is 0 Å². The van der Waals surface area contributed by atoms with Gasteiger partial charge in [0.15, 0.2) is 0 Å². The highest BCUT2D eigenvalue weighted by atomic mass is 32.2. The zero-order valence-corrected chi connectivity index (χ0v) is 13.2. The minimum Gasteiger partial charge on any atom is -0.384 e. The van der Waals surface area contributed by atoms with Gasteiger partial charge in [-0.05, 0) is 43.7 Å². The molecule has 0 radical (unpaired) electrons. The van der Waals surface area contributed by atoms with Gasteiger partial charge < -0.3 is 5.32 Å². The number of rotatable bonds is 6. The first-order chi connectivity index (χ1) is 10.1. The van der Waals surface area contributed by atoms with Crippen LogP contribution in [0.25, 0.3) is 0 Å². The highest BCUT2D eigenvalue weighted by molar-refractivity contribution is 7.89. The lowest BCUT2D eigenvalue weighted by Crippen LogP contribution is -2.27. The predicted molar refractivity (Wildman–Crippen MR) is 84.9 cm³/mol. The molecule has 4 nitrogen and oxygen atoms in total. The summed E-state index contributed by atoms with van der Waals surface area (Å²) >= 11 is 0. The normalized spacial score (nSPS) is 20.4. The topological polar surface area (TPSA) is 58.2 Å². The Bertz CT molecular complexity index is 576. The van der Waals surface area contributed by atoms with E-state index in [2.05, 4.69) is 10.0 Å². The van der Waals surface area contributed by atoms with Gasteiger partial charge in [0.2, 0.25) is 10.0 Å². The van der Waals surface area contributed by atoms with Crippen molar-refractivity contribution in [2.75, 3.05) is 11.9 Å². The number of anilines is 1. The van der Waals surface area contributed by atoms with Gasteiger partial charge in [-0.1, -0.05) is 31.4 Å². The van der Waals surface area contributed by atoms with Crippen LogP contribution in [0.3, 0.4) is 0 Å². The lowest BCUT2D eigenvalue weighted by Gasteiger charge is -2.23. The molecule has 0 aliphatic heterocycles. The van der Waals surface area contributed by atoms with Gasteiger partial charge in [0.1, 0.15) is 4.90 Å². The molecule has 0 heterocycles. The second-order valence-corrected chi connectivity index (χ2v) is 7.96. The van der Waals surface area contributed by atoms with Gasteiger partial charge in [-0.25, -0.2) is 13.1 Å². The second-order valence-electron chi connectivity index (χ2n) is 6.28. The molecule has 21 heavy (non-hydrogen) atoms. The van der Waals surface area contributed by atoms with E-state index >= 15 is 0 Å². The van der Waals surface area contributed by atoms with E-state index < -0.39 is 10.0 Å². The number of benzene rings is 1. The Morgan fingerprint density at radius 2 is 1.71 bits per heavy atom. The van der Waals surface area contributed by atoms with Crippen LogP contribution in [0.15, 0.2) is 29.2 Å². The largest absolute Gasteiger partial charge is 0.384 e. The fourth-order valence-corrected chi connectivity index (χ4v) is 4.47. The van der Waals surface area contributed by atoms with Crippen LogP contribution in [-0.2, 0) is 10.0 Å². The Balaban J connectivity index is 1.69. The molecule has 0 atom stereocenters. The fraction of sp³-hybridized carbons (Fsp3) is 0.625. The Labute approximate surface area is 127 Å². The van der Waals surface area contributed by atoms with Crippen molar-refractivity contribution in [2.45, 2.75) is 55.9 Å². The van der Waals surface area contributed by atoms with E-state index in [4.69, 9.17) is 0 Å². The van der Waals surface area contributed by atoms with Crippen LogP contribution in [0.1, 0.15) is 44.9 Å². The summed E-state index contributed by atoms with van der Waals surface area (Å²) < 4.78 is 27.6. The molecular weight excluding hydrogens is 284 g/mol. The van der Waals surface area contributed by atoms with E-state index in [1.54, 1.807) is 12.1 Å². The number of hydrogen-bond acceptors (Lipinski definition) is 3. The van der Waals surface area contributed by atoms with Crippen LogP contribution in [0.4, 0.5) is 5.69 Å². The van der Waals surface area contributed by atoms with Crippen molar-refractivity contribution in [1.29, 1.82) is 0 Å². The molecule has 1 aromatic carbocycles. The Hall–Kier alpha value is -1.07. The molecule has 3 rings (SSSR count). The van der Waals surface area contributed by atoms with E-state index in [-0.39, 0.29) is 6.04 Å². The standard InChI is InChI=1S/C16H24N2O2S/c19-21(20,18-14-10-11-14)16-9-5-4-8-15(16)17-12-13-6-2-1-3-7-13/h4-5,8-9,13-14,17-18H,1-3,6-7,10-12H2. The van der Waals surface area contributed by atoms with Crippen molar-refractivity contribution in [2.24, 2.45) is 5.92 Å². The summed E-state index contributed by atoms with van der Waals surface area (Å²) in [6, 6.07) is 7.37. The molecule has 0 aromatic heterocycles. The van der Waals surface area contributed by atoms with Gasteiger partial charge in [0, 0.05) is 12.6 Å². The first kappa shape index (κ1) is 14.9. The Morgan fingerprint density at radius 3 is 2.43 bits per heavy atom. The summed E-state index contributed by atoms with van der Waals surface area (Å²) in [4.78, 5) is 0.382. The third kappa shape index (κ3) is 3.98. The van der Waals surface area contributed by atoms with Gasteiger partial charge in [-0.3, -0.25) is 0 Å². The molecule has 2 saturated carbocycles. The summed E-state index contributed by atoms with van der Waals surface area (Å²) in [6.45, 7) is 0.871. The molecule has 0 amide bonds. The first-order valence-electron chi connectivity index (χ1n) is 8.00. The smallest absolute Gasteiger partial charge is 0.242 e. The van der Waals surface area contributed by atoms with Gasteiger partial charge >= 0.3 is 0 Å². The molecular formula is C16H24N2O2S. The van der Waals surface area contributed by atoms with Crippen LogP contribution in [0.5, 0.6) is 0 Å². The van der Waals surface area contributed by atoms with Crippen molar-refractivity contribution >= 4 is 15.7 Å². The number of nitrogens with one attached hydrogen (secondary N) is 2. The van der Waals surface area contributed by atoms with Gasteiger partial charge in [0.05, 0.1) is 5.69 Å². The molecule has 1 aromatic rings. The Kier molecular flexibility index (Phi) is 4.50.